The first-order valence-electron chi connectivity index (χ1n) is 5.92. The number of carbonyl (C=O) groups is 1. The average molecular weight is 270 g/mol. The molecule has 1 aromatic carbocycles. The third kappa shape index (κ3) is 4.94. The van der Waals surface area contributed by atoms with Gasteiger partial charge in [-0.2, -0.15) is 0 Å². The van der Waals surface area contributed by atoms with Crippen molar-refractivity contribution in [1.29, 1.82) is 0 Å². The monoisotopic (exact) mass is 269 g/mol. The Morgan fingerprint density at radius 1 is 1.50 bits per heavy atom. The van der Waals surface area contributed by atoms with Crippen LogP contribution in [0.4, 0.5) is 11.4 Å². The molecule has 0 unspecified atom stereocenters. The van der Waals surface area contributed by atoms with E-state index in [0.717, 1.165) is 6.54 Å². The van der Waals surface area contributed by atoms with Gasteiger partial charge in [0.05, 0.1) is 17.3 Å². The molecule has 18 heavy (non-hydrogen) atoms. The number of nitrogens with zero attached hydrogens (tertiary/aromatic N) is 1. The third-order valence-electron chi connectivity index (χ3n) is 2.36. The summed E-state index contributed by atoms with van der Waals surface area (Å²) in [6, 6.07) is 5.03. The lowest BCUT2D eigenvalue weighted by Gasteiger charge is -2.18. The van der Waals surface area contributed by atoms with Gasteiger partial charge in [0.2, 0.25) is 5.91 Å². The highest BCUT2D eigenvalue weighted by Gasteiger charge is 2.10. The molecule has 1 amide bonds. The molecule has 0 atom stereocenters. The zero-order valence-corrected chi connectivity index (χ0v) is 11.8. The molecule has 3 N–H and O–H groups in total. The van der Waals surface area contributed by atoms with Gasteiger partial charge in [0.1, 0.15) is 0 Å². The van der Waals surface area contributed by atoms with Crippen molar-refractivity contribution in [2.75, 3.05) is 31.2 Å². The van der Waals surface area contributed by atoms with Crippen LogP contribution < -0.4 is 11.1 Å². The number of nitrogens with two attached hydrogens (primary N) is 1. The summed E-state index contributed by atoms with van der Waals surface area (Å²) in [6.07, 6.45) is 0. The molecule has 4 nitrogen and oxygen atoms in total. The molecular formula is C13H20ClN3O. The Morgan fingerprint density at radius 2 is 2.17 bits per heavy atom. The summed E-state index contributed by atoms with van der Waals surface area (Å²) in [5, 5.41) is 3.23. The first kappa shape index (κ1) is 14.8. The quantitative estimate of drug-likeness (QED) is 0.808. The van der Waals surface area contributed by atoms with E-state index in [1.807, 2.05) is 11.9 Å². The number of likely N-dealkylation sites (N-methyl/N-ethyl adjacent to an activating group) is 1. The van der Waals surface area contributed by atoms with E-state index in [2.05, 4.69) is 19.2 Å². The van der Waals surface area contributed by atoms with Crippen LogP contribution in [0.15, 0.2) is 18.2 Å². The first-order valence-corrected chi connectivity index (χ1v) is 6.29. The number of amides is 1. The van der Waals surface area contributed by atoms with E-state index < -0.39 is 0 Å². The first-order chi connectivity index (χ1) is 8.38. The number of hydrogen-bond acceptors (Lipinski definition) is 3. The highest BCUT2D eigenvalue weighted by Crippen LogP contribution is 2.23. The number of carbonyl (C=O) groups excluding carboxylic acids is 1. The molecule has 0 saturated carbocycles. The molecule has 0 aliphatic heterocycles. The molecule has 0 fully saturated rings. The Labute approximate surface area is 113 Å². The van der Waals surface area contributed by atoms with E-state index in [0.29, 0.717) is 28.9 Å². The molecular weight excluding hydrogens is 250 g/mol. The molecule has 1 rings (SSSR count). The molecule has 0 spiro atoms. The third-order valence-corrected chi connectivity index (χ3v) is 2.67. The van der Waals surface area contributed by atoms with Crippen molar-refractivity contribution in [1.82, 2.24) is 4.90 Å². The maximum Gasteiger partial charge on any atom is 0.238 e. The fourth-order valence-corrected chi connectivity index (χ4v) is 1.99. The van der Waals surface area contributed by atoms with Gasteiger partial charge in [-0.25, -0.2) is 0 Å². The topological polar surface area (TPSA) is 58.4 Å². The van der Waals surface area contributed by atoms with Gasteiger partial charge in [0.15, 0.2) is 0 Å². The van der Waals surface area contributed by atoms with Gasteiger partial charge in [0, 0.05) is 12.2 Å². The van der Waals surface area contributed by atoms with E-state index in [1.54, 1.807) is 18.2 Å². The molecule has 0 aromatic heterocycles. The lowest BCUT2D eigenvalue weighted by Crippen LogP contribution is -2.32. The van der Waals surface area contributed by atoms with Gasteiger partial charge in [0.25, 0.3) is 0 Å². The predicted octanol–water partition coefficient (Wildman–Crippen LogP) is 2.45. The molecule has 0 aliphatic carbocycles. The summed E-state index contributed by atoms with van der Waals surface area (Å²) in [5.41, 5.74) is 6.76. The number of nitrogen functional groups attached to an aromatic ring is 1. The van der Waals surface area contributed by atoms with Gasteiger partial charge >= 0.3 is 0 Å². The normalized spacial score (nSPS) is 11.0. The number of rotatable bonds is 5. The zero-order valence-electron chi connectivity index (χ0n) is 11.0. The molecule has 0 bridgehead atoms. The van der Waals surface area contributed by atoms with Crippen LogP contribution in [0.2, 0.25) is 5.02 Å². The van der Waals surface area contributed by atoms with Gasteiger partial charge in [-0.05, 0) is 31.2 Å². The number of hydrogen-bond donors (Lipinski definition) is 2. The van der Waals surface area contributed by atoms with E-state index >= 15 is 0 Å². The maximum atomic E-state index is 11.8. The van der Waals surface area contributed by atoms with Crippen molar-refractivity contribution in [2.24, 2.45) is 5.92 Å². The Bertz CT molecular complexity index is 421. The van der Waals surface area contributed by atoms with Crippen molar-refractivity contribution in [3.8, 4) is 0 Å². The number of benzene rings is 1. The molecule has 100 valence electrons. The summed E-state index contributed by atoms with van der Waals surface area (Å²) in [6.45, 7) is 5.46. The molecule has 5 heteroatoms. The predicted molar refractivity (Wildman–Crippen MR) is 76.8 cm³/mol. The fourth-order valence-electron chi connectivity index (χ4n) is 1.76. The molecule has 0 saturated heterocycles. The zero-order chi connectivity index (χ0) is 13.7. The van der Waals surface area contributed by atoms with E-state index in [9.17, 15) is 4.79 Å². The van der Waals surface area contributed by atoms with Crippen molar-refractivity contribution >= 4 is 28.9 Å². The minimum Gasteiger partial charge on any atom is -0.399 e. The Balaban J connectivity index is 2.54. The average Bonchev–Trinajstić information content (AvgIpc) is 2.20. The Kier molecular flexibility index (Phi) is 5.44. The van der Waals surface area contributed by atoms with Crippen LogP contribution in [0.5, 0.6) is 0 Å². The summed E-state index contributed by atoms with van der Waals surface area (Å²) < 4.78 is 0. The van der Waals surface area contributed by atoms with Crippen LogP contribution in [0.1, 0.15) is 13.8 Å². The largest absolute Gasteiger partial charge is 0.399 e. The van der Waals surface area contributed by atoms with Crippen molar-refractivity contribution in [3.05, 3.63) is 23.2 Å². The Hall–Kier alpha value is -1.26. The lowest BCUT2D eigenvalue weighted by molar-refractivity contribution is -0.117. The minimum atomic E-state index is -0.0789. The van der Waals surface area contributed by atoms with Crippen LogP contribution in [-0.2, 0) is 4.79 Å². The van der Waals surface area contributed by atoms with Crippen molar-refractivity contribution < 1.29 is 4.79 Å². The maximum absolute atomic E-state index is 11.8. The number of nitrogens with one attached hydrogen (secondary N) is 1. The van der Waals surface area contributed by atoms with Crippen molar-refractivity contribution in [3.63, 3.8) is 0 Å². The summed E-state index contributed by atoms with van der Waals surface area (Å²) in [4.78, 5) is 13.8. The van der Waals surface area contributed by atoms with Gasteiger partial charge < -0.3 is 11.1 Å². The minimum absolute atomic E-state index is 0.0789. The fraction of sp³-hybridized carbons (Fsp3) is 0.462. The second-order valence-corrected chi connectivity index (χ2v) is 5.29. The van der Waals surface area contributed by atoms with Crippen LogP contribution in [0, 0.1) is 5.92 Å². The number of anilines is 2. The highest BCUT2D eigenvalue weighted by atomic mass is 35.5. The van der Waals surface area contributed by atoms with Gasteiger partial charge in [-0.3, -0.25) is 9.69 Å². The van der Waals surface area contributed by atoms with Crippen molar-refractivity contribution in [2.45, 2.75) is 13.8 Å². The second kappa shape index (κ2) is 6.61. The summed E-state index contributed by atoms with van der Waals surface area (Å²) in [5.74, 6) is 0.452. The molecule has 0 radical (unpaired) electrons. The smallest absolute Gasteiger partial charge is 0.238 e. The van der Waals surface area contributed by atoms with Gasteiger partial charge in [-0.15, -0.1) is 0 Å². The van der Waals surface area contributed by atoms with Crippen LogP contribution in [0.25, 0.3) is 0 Å². The Morgan fingerprint density at radius 3 is 2.72 bits per heavy atom. The van der Waals surface area contributed by atoms with E-state index in [1.165, 1.54) is 0 Å². The molecule has 1 aromatic rings. The van der Waals surface area contributed by atoms with Crippen LogP contribution in [0.3, 0.4) is 0 Å². The number of halogens is 1. The molecule has 0 heterocycles. The lowest BCUT2D eigenvalue weighted by atomic mass is 10.2. The van der Waals surface area contributed by atoms with Crippen LogP contribution in [-0.4, -0.2) is 30.9 Å². The van der Waals surface area contributed by atoms with E-state index in [4.69, 9.17) is 17.3 Å². The highest BCUT2D eigenvalue weighted by molar-refractivity contribution is 6.34. The van der Waals surface area contributed by atoms with E-state index in [-0.39, 0.29) is 5.91 Å². The molecule has 0 aliphatic rings. The van der Waals surface area contributed by atoms with Gasteiger partial charge in [-0.1, -0.05) is 25.4 Å². The summed E-state index contributed by atoms with van der Waals surface area (Å²) >= 11 is 5.99. The summed E-state index contributed by atoms with van der Waals surface area (Å²) in [7, 11) is 1.92. The SMILES string of the molecule is CC(C)CN(C)CC(=O)Nc1ccc(N)cc1Cl. The standard InChI is InChI=1S/C13H20ClN3O/c1-9(2)7-17(3)8-13(18)16-12-5-4-10(15)6-11(12)14/h4-6,9H,7-8,15H2,1-3H3,(H,16,18). The van der Waals surface area contributed by atoms with Crippen LogP contribution >= 0.6 is 11.6 Å². The second-order valence-electron chi connectivity index (χ2n) is 4.88.